The van der Waals surface area contributed by atoms with E-state index >= 15 is 0 Å². The zero-order chi connectivity index (χ0) is 43.5. The number of amides is 5. The van der Waals surface area contributed by atoms with Gasteiger partial charge in [-0.2, -0.15) is 0 Å². The number of nitrogens with one attached hydrogen (secondary N) is 3. The molecule has 15 heteroatoms. The molecule has 3 fully saturated rings. The molecule has 2 aromatic heterocycles. The van der Waals surface area contributed by atoms with Gasteiger partial charge in [0.25, 0.3) is 5.91 Å². The fourth-order valence-corrected chi connectivity index (χ4v) is 9.45. The molecular formula is C48H48ClN9O5. The van der Waals surface area contributed by atoms with E-state index in [9.17, 15) is 24.0 Å². The minimum atomic E-state index is -0.636. The summed E-state index contributed by atoms with van der Waals surface area (Å²) in [5.41, 5.74) is 6.79. The van der Waals surface area contributed by atoms with Crippen molar-refractivity contribution in [3.63, 3.8) is 0 Å². The molecule has 0 saturated carbocycles. The number of carbonyl (C=O) groups excluding carboxylic acids is 5. The molecule has 3 aromatic carbocycles. The van der Waals surface area contributed by atoms with Gasteiger partial charge in [0.15, 0.2) is 0 Å². The zero-order valence-corrected chi connectivity index (χ0v) is 35.6. The highest BCUT2D eigenvalue weighted by Gasteiger charge is 2.49. The number of benzene rings is 3. The van der Waals surface area contributed by atoms with Crippen LogP contribution in [-0.4, -0.2) is 86.5 Å². The van der Waals surface area contributed by atoms with Crippen molar-refractivity contribution in [2.24, 2.45) is 5.41 Å². The van der Waals surface area contributed by atoms with Gasteiger partial charge in [0.05, 0.1) is 46.1 Å². The van der Waals surface area contributed by atoms with Crippen LogP contribution in [0.4, 0.5) is 23.0 Å². The summed E-state index contributed by atoms with van der Waals surface area (Å²) in [4.78, 5) is 83.1. The highest BCUT2D eigenvalue weighted by Crippen LogP contribution is 2.43. The Morgan fingerprint density at radius 3 is 2.44 bits per heavy atom. The van der Waals surface area contributed by atoms with E-state index in [-0.39, 0.29) is 30.0 Å². The molecule has 4 aliphatic heterocycles. The van der Waals surface area contributed by atoms with Crippen LogP contribution in [-0.2, 0) is 25.7 Å². The molecule has 5 aromatic rings. The molecule has 3 saturated heterocycles. The van der Waals surface area contributed by atoms with Gasteiger partial charge in [-0.1, -0.05) is 66.6 Å². The van der Waals surface area contributed by atoms with E-state index in [1.807, 2.05) is 58.3 Å². The highest BCUT2D eigenvalue weighted by molar-refractivity contribution is 6.33. The largest absolute Gasteiger partial charge is 0.385 e. The number of imide groups is 1. The Hall–Kier alpha value is -6.67. The van der Waals surface area contributed by atoms with Gasteiger partial charge in [0.2, 0.25) is 29.6 Å². The van der Waals surface area contributed by atoms with Gasteiger partial charge in [-0.3, -0.25) is 34.3 Å². The number of carbonyl (C=O) groups is 5. The van der Waals surface area contributed by atoms with Gasteiger partial charge in [0, 0.05) is 62.4 Å². The molecule has 1 unspecified atom stereocenters. The van der Waals surface area contributed by atoms with Gasteiger partial charge >= 0.3 is 0 Å². The van der Waals surface area contributed by atoms with E-state index in [1.54, 1.807) is 29.6 Å². The van der Waals surface area contributed by atoms with Crippen molar-refractivity contribution < 1.29 is 24.0 Å². The monoisotopic (exact) mass is 865 g/mol. The van der Waals surface area contributed by atoms with Gasteiger partial charge < -0.3 is 25.3 Å². The van der Waals surface area contributed by atoms with E-state index in [0.717, 1.165) is 60.2 Å². The Balaban J connectivity index is 0.722. The number of anilines is 4. The zero-order valence-electron chi connectivity index (χ0n) is 34.8. The number of aromatic nitrogens is 3. The highest BCUT2D eigenvalue weighted by atomic mass is 35.5. The average Bonchev–Trinajstić information content (AvgIpc) is 3.80. The molecule has 0 radical (unpaired) electrons. The van der Waals surface area contributed by atoms with E-state index < -0.39 is 17.4 Å². The predicted octanol–water partition coefficient (Wildman–Crippen LogP) is 7.38. The van der Waals surface area contributed by atoms with Crippen LogP contribution in [0.1, 0.15) is 73.7 Å². The van der Waals surface area contributed by atoms with Crippen LogP contribution in [0.15, 0.2) is 97.5 Å². The van der Waals surface area contributed by atoms with E-state index in [0.29, 0.717) is 85.5 Å². The molecule has 1 atom stereocenters. The summed E-state index contributed by atoms with van der Waals surface area (Å²) >= 11 is 6.60. The van der Waals surface area contributed by atoms with Gasteiger partial charge in [-0.05, 0) is 85.5 Å². The molecule has 3 N–H and O–H groups in total. The van der Waals surface area contributed by atoms with Crippen LogP contribution < -0.4 is 20.9 Å². The second-order valence-electron chi connectivity index (χ2n) is 16.8. The number of rotatable bonds is 13. The lowest BCUT2D eigenvalue weighted by atomic mass is 9.77. The first-order chi connectivity index (χ1) is 30.6. The molecule has 63 heavy (non-hydrogen) atoms. The number of likely N-dealkylation sites (tertiary alicyclic amines) is 1. The lowest BCUT2D eigenvalue weighted by Crippen LogP contribution is -2.52. The first-order valence-corrected chi connectivity index (χ1v) is 22.0. The Morgan fingerprint density at radius 1 is 0.825 bits per heavy atom. The Morgan fingerprint density at radius 2 is 1.62 bits per heavy atom. The van der Waals surface area contributed by atoms with Crippen LogP contribution in [0.5, 0.6) is 0 Å². The number of hydrogen-bond donors (Lipinski definition) is 3. The topological polar surface area (TPSA) is 170 Å². The summed E-state index contributed by atoms with van der Waals surface area (Å²) in [6, 6.07) is 25.0. The number of piperidine rings is 2. The number of halogens is 1. The maximum atomic E-state index is 14.0. The summed E-state index contributed by atoms with van der Waals surface area (Å²) in [6.45, 7) is 2.76. The van der Waals surface area contributed by atoms with Gasteiger partial charge in [0.1, 0.15) is 6.04 Å². The Labute approximate surface area is 370 Å². The molecule has 4 aliphatic rings. The minimum absolute atomic E-state index is 0.0750. The van der Waals surface area contributed by atoms with Crippen molar-refractivity contribution in [2.45, 2.75) is 70.4 Å². The number of hydrogen-bond acceptors (Lipinski definition) is 10. The summed E-state index contributed by atoms with van der Waals surface area (Å²) in [7, 11) is 0. The van der Waals surface area contributed by atoms with Crippen LogP contribution in [0, 0.1) is 5.41 Å². The second kappa shape index (κ2) is 18.0. The third-order valence-corrected chi connectivity index (χ3v) is 13.1. The quantitative estimate of drug-likeness (QED) is 0.0802. The van der Waals surface area contributed by atoms with Crippen LogP contribution in [0.2, 0.25) is 5.02 Å². The lowest BCUT2D eigenvalue weighted by Gasteiger charge is -2.38. The standard InChI is InChI=1S/C48H48ClN9O5/c49-39-29-52-47(55-43(39)33-11-7-10-32(24-33)31-8-3-1-4-9-31)53-36-26-37(28-50-27-36)57-23-19-48(46(57)63)17-21-56(22-18-48)42(60)12-5-2-6-20-51-35-13-14-38-34(25-35)30-58(45(38)62)40-15-16-41(59)54-44(40)61/h1,3-4,7-11,13-14,24-29,40,51H,2,5-6,12,15-23,30H2,(H,52,53,55)(H,54,59,61). The van der Waals surface area contributed by atoms with E-state index in [4.69, 9.17) is 16.6 Å². The average molecular weight is 866 g/mol. The molecule has 6 heterocycles. The van der Waals surface area contributed by atoms with Crippen molar-refractivity contribution in [1.82, 2.24) is 30.1 Å². The molecule has 1 spiro atoms. The first-order valence-electron chi connectivity index (χ1n) is 21.7. The van der Waals surface area contributed by atoms with Crippen LogP contribution in [0.25, 0.3) is 22.4 Å². The number of unbranched alkanes of at least 4 members (excludes halogenated alkanes) is 2. The number of fused-ring (bicyclic) bond motifs is 1. The molecule has 0 aliphatic carbocycles. The number of pyridine rings is 1. The van der Waals surface area contributed by atoms with Crippen molar-refractivity contribution in [3.8, 4) is 22.4 Å². The van der Waals surface area contributed by atoms with Gasteiger partial charge in [-0.25, -0.2) is 9.97 Å². The van der Waals surface area contributed by atoms with E-state index in [2.05, 4.69) is 50.2 Å². The molecule has 14 nitrogen and oxygen atoms in total. The molecule has 5 amide bonds. The van der Waals surface area contributed by atoms with Crippen molar-refractivity contribution in [1.29, 1.82) is 0 Å². The normalized spacial score (nSPS) is 18.2. The summed E-state index contributed by atoms with van der Waals surface area (Å²) in [5, 5.41) is 9.45. The van der Waals surface area contributed by atoms with Crippen molar-refractivity contribution >= 4 is 64.1 Å². The first kappa shape index (κ1) is 41.7. The fourth-order valence-electron chi connectivity index (χ4n) is 9.25. The van der Waals surface area contributed by atoms with Crippen LogP contribution in [0.3, 0.4) is 0 Å². The van der Waals surface area contributed by atoms with Crippen molar-refractivity contribution in [3.05, 3.63) is 114 Å². The summed E-state index contributed by atoms with van der Waals surface area (Å²) < 4.78 is 0. The maximum absolute atomic E-state index is 14.0. The maximum Gasteiger partial charge on any atom is 0.255 e. The molecule has 9 rings (SSSR count). The van der Waals surface area contributed by atoms with Crippen LogP contribution >= 0.6 is 11.6 Å². The summed E-state index contributed by atoms with van der Waals surface area (Å²) in [5.74, 6) is -0.352. The molecule has 322 valence electrons. The second-order valence-corrected chi connectivity index (χ2v) is 17.2. The fraction of sp³-hybridized carbons (Fsp3) is 0.333. The molecule has 0 bridgehead atoms. The minimum Gasteiger partial charge on any atom is -0.385 e. The Kier molecular flexibility index (Phi) is 11.9. The lowest BCUT2D eigenvalue weighted by molar-refractivity contribution is -0.137. The smallest absolute Gasteiger partial charge is 0.255 e. The SMILES string of the molecule is O=C1CCC(N2Cc3cc(NCCCCCC(=O)N4CCC5(CC4)CCN(c4cncc(Nc6ncc(Cl)c(-c7cccc(-c8ccccc8)c7)n6)c4)C5=O)ccc3C2=O)C(=O)N1. The van der Waals surface area contributed by atoms with Crippen molar-refractivity contribution in [2.75, 3.05) is 41.7 Å². The van der Waals surface area contributed by atoms with Gasteiger partial charge in [-0.15, -0.1) is 0 Å². The number of nitrogens with zero attached hydrogens (tertiary/aromatic N) is 6. The predicted molar refractivity (Wildman–Crippen MR) is 240 cm³/mol. The molecular weight excluding hydrogens is 818 g/mol. The third kappa shape index (κ3) is 8.85. The van der Waals surface area contributed by atoms with E-state index in [1.165, 1.54) is 0 Å². The Bertz CT molecular complexity index is 2580. The summed E-state index contributed by atoms with van der Waals surface area (Å²) in [6.07, 6.45) is 10.5. The third-order valence-electron chi connectivity index (χ3n) is 12.8.